The first-order chi connectivity index (χ1) is 8.16. The highest BCUT2D eigenvalue weighted by Crippen LogP contribution is 2.21. The third-order valence-corrected chi connectivity index (χ3v) is 2.42. The third-order valence-electron chi connectivity index (χ3n) is 2.12. The van der Waals surface area contributed by atoms with Crippen LogP contribution in [0.4, 0.5) is 11.5 Å². The first-order valence-electron chi connectivity index (χ1n) is 5.01. The molecular formula is C9H12ClN7. The smallest absolute Gasteiger partial charge is 0.157 e. The standard InChI is InChI=1S/C9H12ClN7/c1-17-5-15-6(16-17)2-3-12-9-7(11)8(10)13-4-14-9/h4-5H,2-3,11H2,1H3,(H,12,13,14). The maximum atomic E-state index is 5.77. The molecule has 0 saturated carbocycles. The van der Waals surface area contributed by atoms with Crippen molar-refractivity contribution in [3.8, 4) is 0 Å². The zero-order valence-corrected chi connectivity index (χ0v) is 10.0. The van der Waals surface area contributed by atoms with Gasteiger partial charge in [-0.1, -0.05) is 11.6 Å². The summed E-state index contributed by atoms with van der Waals surface area (Å²) in [5.41, 5.74) is 6.06. The lowest BCUT2D eigenvalue weighted by Gasteiger charge is -2.06. The van der Waals surface area contributed by atoms with Crippen LogP contribution in [-0.2, 0) is 13.5 Å². The van der Waals surface area contributed by atoms with E-state index in [1.807, 2.05) is 7.05 Å². The van der Waals surface area contributed by atoms with Crippen molar-refractivity contribution in [2.75, 3.05) is 17.6 Å². The van der Waals surface area contributed by atoms with Gasteiger partial charge in [0.15, 0.2) is 16.8 Å². The van der Waals surface area contributed by atoms with E-state index in [0.717, 1.165) is 5.82 Å². The molecule has 17 heavy (non-hydrogen) atoms. The number of nitrogen functional groups attached to an aromatic ring is 1. The average molecular weight is 254 g/mol. The lowest BCUT2D eigenvalue weighted by molar-refractivity contribution is 0.742. The van der Waals surface area contributed by atoms with Gasteiger partial charge in [0.1, 0.15) is 18.3 Å². The summed E-state index contributed by atoms with van der Waals surface area (Å²) in [6.07, 6.45) is 3.70. The molecular weight excluding hydrogens is 242 g/mol. The molecule has 2 rings (SSSR count). The monoisotopic (exact) mass is 253 g/mol. The van der Waals surface area contributed by atoms with Crippen molar-refractivity contribution in [3.63, 3.8) is 0 Å². The van der Waals surface area contributed by atoms with Crippen molar-refractivity contribution in [1.29, 1.82) is 0 Å². The second-order valence-corrected chi connectivity index (χ2v) is 3.80. The van der Waals surface area contributed by atoms with Crippen LogP contribution in [0, 0.1) is 0 Å². The highest BCUT2D eigenvalue weighted by molar-refractivity contribution is 6.32. The summed E-state index contributed by atoms with van der Waals surface area (Å²) in [5.74, 6) is 1.29. The van der Waals surface area contributed by atoms with E-state index in [9.17, 15) is 0 Å². The van der Waals surface area contributed by atoms with Crippen LogP contribution in [0.15, 0.2) is 12.7 Å². The highest BCUT2D eigenvalue weighted by Gasteiger charge is 2.05. The Bertz CT molecular complexity index is 510. The van der Waals surface area contributed by atoms with Gasteiger partial charge in [-0.25, -0.2) is 15.0 Å². The molecule has 0 aromatic carbocycles. The summed E-state index contributed by atoms with van der Waals surface area (Å²) in [6, 6.07) is 0. The molecule has 90 valence electrons. The van der Waals surface area contributed by atoms with E-state index in [1.54, 1.807) is 11.0 Å². The van der Waals surface area contributed by atoms with Crippen LogP contribution in [0.3, 0.4) is 0 Å². The number of aromatic nitrogens is 5. The number of hydrogen-bond donors (Lipinski definition) is 2. The van der Waals surface area contributed by atoms with Crippen molar-refractivity contribution >= 4 is 23.1 Å². The third kappa shape index (κ3) is 2.82. The number of nitrogens with two attached hydrogens (primary N) is 1. The van der Waals surface area contributed by atoms with E-state index < -0.39 is 0 Å². The first-order valence-corrected chi connectivity index (χ1v) is 5.39. The molecule has 2 aromatic rings. The van der Waals surface area contributed by atoms with Crippen molar-refractivity contribution in [2.24, 2.45) is 7.05 Å². The summed E-state index contributed by atoms with van der Waals surface area (Å²) in [6.45, 7) is 0.627. The molecule has 2 heterocycles. The lowest BCUT2D eigenvalue weighted by atomic mass is 10.4. The number of aryl methyl sites for hydroxylation is 1. The zero-order chi connectivity index (χ0) is 12.3. The van der Waals surface area contributed by atoms with Gasteiger partial charge in [-0.3, -0.25) is 4.68 Å². The van der Waals surface area contributed by atoms with Crippen LogP contribution >= 0.6 is 11.6 Å². The first kappa shape index (κ1) is 11.6. The fourth-order valence-corrected chi connectivity index (χ4v) is 1.44. The minimum atomic E-state index is 0.249. The molecule has 8 heteroatoms. The van der Waals surface area contributed by atoms with Crippen molar-refractivity contribution in [2.45, 2.75) is 6.42 Å². The van der Waals surface area contributed by atoms with Crippen LogP contribution in [0.2, 0.25) is 5.15 Å². The second kappa shape index (κ2) is 4.96. The van der Waals surface area contributed by atoms with Crippen LogP contribution in [0.1, 0.15) is 5.82 Å². The van der Waals surface area contributed by atoms with E-state index >= 15 is 0 Å². The molecule has 0 spiro atoms. The summed E-state index contributed by atoms with van der Waals surface area (Å²) >= 11 is 5.77. The minimum Gasteiger partial charge on any atom is -0.393 e. The Labute approximate surface area is 103 Å². The fourth-order valence-electron chi connectivity index (χ4n) is 1.31. The van der Waals surface area contributed by atoms with Crippen LogP contribution in [0.25, 0.3) is 0 Å². The van der Waals surface area contributed by atoms with Crippen LogP contribution < -0.4 is 11.1 Å². The number of hydrogen-bond acceptors (Lipinski definition) is 6. The van der Waals surface area contributed by atoms with Crippen molar-refractivity contribution < 1.29 is 0 Å². The molecule has 3 N–H and O–H groups in total. The van der Waals surface area contributed by atoms with E-state index in [4.69, 9.17) is 17.3 Å². The van der Waals surface area contributed by atoms with E-state index in [2.05, 4.69) is 25.4 Å². The summed E-state index contributed by atoms with van der Waals surface area (Å²) in [5, 5.41) is 7.47. The largest absolute Gasteiger partial charge is 0.393 e. The SMILES string of the molecule is Cn1cnc(CCNc2ncnc(Cl)c2N)n1. The summed E-state index contributed by atoms with van der Waals surface area (Å²) in [4.78, 5) is 11.9. The molecule has 0 bridgehead atoms. The minimum absolute atomic E-state index is 0.249. The maximum Gasteiger partial charge on any atom is 0.157 e. The van der Waals surface area contributed by atoms with Gasteiger partial charge in [-0.05, 0) is 0 Å². The van der Waals surface area contributed by atoms with Crippen LogP contribution in [-0.4, -0.2) is 31.3 Å². The van der Waals surface area contributed by atoms with Gasteiger partial charge in [0.05, 0.1) is 0 Å². The number of anilines is 2. The van der Waals surface area contributed by atoms with E-state index in [1.165, 1.54) is 6.33 Å². The van der Waals surface area contributed by atoms with Crippen molar-refractivity contribution in [3.05, 3.63) is 23.6 Å². The Kier molecular flexibility index (Phi) is 3.38. The molecule has 2 aromatic heterocycles. The predicted octanol–water partition coefficient (Wildman–Crippen LogP) is 0.495. The van der Waals surface area contributed by atoms with Gasteiger partial charge >= 0.3 is 0 Å². The van der Waals surface area contributed by atoms with Gasteiger partial charge in [0.25, 0.3) is 0 Å². The summed E-state index contributed by atoms with van der Waals surface area (Å²) in [7, 11) is 1.83. The number of rotatable bonds is 4. The molecule has 7 nitrogen and oxygen atoms in total. The Balaban J connectivity index is 1.92. The zero-order valence-electron chi connectivity index (χ0n) is 9.26. The number of nitrogens with zero attached hydrogens (tertiary/aromatic N) is 5. The molecule has 0 unspecified atom stereocenters. The predicted molar refractivity (Wildman–Crippen MR) is 64.7 cm³/mol. The normalized spacial score (nSPS) is 10.5. The van der Waals surface area contributed by atoms with Crippen molar-refractivity contribution in [1.82, 2.24) is 24.7 Å². The van der Waals surface area contributed by atoms with Crippen LogP contribution in [0.5, 0.6) is 0 Å². The quantitative estimate of drug-likeness (QED) is 0.771. The molecule has 0 radical (unpaired) electrons. The van der Waals surface area contributed by atoms with E-state index in [0.29, 0.717) is 24.5 Å². The molecule has 0 aliphatic rings. The average Bonchev–Trinajstić information content (AvgIpc) is 2.70. The van der Waals surface area contributed by atoms with Gasteiger partial charge < -0.3 is 11.1 Å². The molecule has 0 aliphatic heterocycles. The number of nitrogens with one attached hydrogen (secondary N) is 1. The Morgan fingerprint density at radius 1 is 1.41 bits per heavy atom. The number of halogens is 1. The molecule has 0 aliphatic carbocycles. The van der Waals surface area contributed by atoms with Gasteiger partial charge in [0, 0.05) is 20.0 Å². The Morgan fingerprint density at radius 2 is 2.24 bits per heavy atom. The fraction of sp³-hybridized carbons (Fsp3) is 0.333. The summed E-state index contributed by atoms with van der Waals surface area (Å²) < 4.78 is 1.66. The maximum absolute atomic E-state index is 5.77. The van der Waals surface area contributed by atoms with Gasteiger partial charge in [0.2, 0.25) is 0 Å². The Morgan fingerprint density at radius 3 is 2.94 bits per heavy atom. The van der Waals surface area contributed by atoms with Gasteiger partial charge in [-0.15, -0.1) is 0 Å². The topological polar surface area (TPSA) is 94.5 Å². The molecule has 0 atom stereocenters. The molecule has 0 amide bonds. The highest BCUT2D eigenvalue weighted by atomic mass is 35.5. The van der Waals surface area contributed by atoms with E-state index in [-0.39, 0.29) is 5.15 Å². The second-order valence-electron chi connectivity index (χ2n) is 3.44. The lowest BCUT2D eigenvalue weighted by Crippen LogP contribution is -2.10. The Hall–Kier alpha value is -1.89. The van der Waals surface area contributed by atoms with Gasteiger partial charge in [-0.2, -0.15) is 5.10 Å². The molecule has 0 saturated heterocycles. The molecule has 0 fully saturated rings.